The maximum absolute atomic E-state index is 12.6. The number of thiol groups is 1. The van der Waals surface area contributed by atoms with Gasteiger partial charge in [0.2, 0.25) is 5.91 Å². The summed E-state index contributed by atoms with van der Waals surface area (Å²) in [7, 11) is 0. The van der Waals surface area contributed by atoms with Crippen LogP contribution in [-0.2, 0) is 11.2 Å². The zero-order chi connectivity index (χ0) is 16.9. The number of hydrogen-bond acceptors (Lipinski definition) is 3. The van der Waals surface area contributed by atoms with Gasteiger partial charge in [-0.2, -0.15) is 0 Å². The molecule has 1 saturated heterocycles. The van der Waals surface area contributed by atoms with Crippen LogP contribution < -0.4 is 0 Å². The van der Waals surface area contributed by atoms with Gasteiger partial charge in [0, 0.05) is 31.1 Å². The van der Waals surface area contributed by atoms with Crippen molar-refractivity contribution < 1.29 is 9.59 Å². The Labute approximate surface area is 147 Å². The summed E-state index contributed by atoms with van der Waals surface area (Å²) in [4.78, 5) is 29.3. The minimum atomic E-state index is -0.0178. The minimum Gasteiger partial charge on any atom is -0.339 e. The second-order valence-corrected chi connectivity index (χ2v) is 6.33. The van der Waals surface area contributed by atoms with Gasteiger partial charge in [0.05, 0.1) is 12.0 Å². The average molecular weight is 340 g/mol. The number of benzene rings is 2. The molecular formula is C19H20N2O2S. The van der Waals surface area contributed by atoms with Crippen molar-refractivity contribution in [3.8, 4) is 0 Å². The highest BCUT2D eigenvalue weighted by Crippen LogP contribution is 2.17. The molecule has 5 heteroatoms. The highest BCUT2D eigenvalue weighted by molar-refractivity contribution is 7.80. The molecule has 2 aromatic carbocycles. The van der Waals surface area contributed by atoms with Gasteiger partial charge in [0.25, 0.3) is 5.91 Å². The number of carbonyl (C=O) groups is 2. The fourth-order valence-electron chi connectivity index (χ4n) is 2.87. The van der Waals surface area contributed by atoms with E-state index in [2.05, 4.69) is 12.6 Å². The van der Waals surface area contributed by atoms with E-state index < -0.39 is 0 Å². The van der Waals surface area contributed by atoms with Crippen LogP contribution in [0, 0.1) is 0 Å². The Hall–Kier alpha value is -2.27. The van der Waals surface area contributed by atoms with Gasteiger partial charge in [0.1, 0.15) is 0 Å². The smallest absolute Gasteiger partial charge is 0.255 e. The molecule has 0 unspecified atom stereocenters. The topological polar surface area (TPSA) is 40.6 Å². The van der Waals surface area contributed by atoms with Crippen molar-refractivity contribution in [2.75, 3.05) is 26.2 Å². The SMILES string of the molecule is O=C(Cc1ccccc1)N1CCN(C(=O)c2ccccc2S)CC1. The molecule has 0 aromatic heterocycles. The van der Waals surface area contributed by atoms with Crippen LogP contribution in [0.5, 0.6) is 0 Å². The minimum absolute atomic E-state index is 0.0178. The largest absolute Gasteiger partial charge is 0.339 e. The molecule has 1 fully saturated rings. The first kappa shape index (κ1) is 16.6. The van der Waals surface area contributed by atoms with E-state index in [-0.39, 0.29) is 11.8 Å². The van der Waals surface area contributed by atoms with Crippen molar-refractivity contribution >= 4 is 24.4 Å². The lowest BCUT2D eigenvalue weighted by Gasteiger charge is -2.35. The van der Waals surface area contributed by atoms with Gasteiger partial charge in [-0.25, -0.2) is 0 Å². The lowest BCUT2D eigenvalue weighted by molar-refractivity contribution is -0.131. The Bertz CT molecular complexity index is 725. The number of amides is 2. The van der Waals surface area contributed by atoms with Gasteiger partial charge in [0.15, 0.2) is 0 Å². The summed E-state index contributed by atoms with van der Waals surface area (Å²) in [6.07, 6.45) is 0.411. The second kappa shape index (κ2) is 7.53. The van der Waals surface area contributed by atoms with Crippen LogP contribution in [0.4, 0.5) is 0 Å². The first-order valence-electron chi connectivity index (χ1n) is 8.04. The second-order valence-electron chi connectivity index (χ2n) is 5.85. The summed E-state index contributed by atoms with van der Waals surface area (Å²) in [5.74, 6) is 0.0960. The molecule has 0 atom stereocenters. The standard InChI is InChI=1S/C19H20N2O2S/c22-18(14-15-6-2-1-3-7-15)20-10-12-21(13-11-20)19(23)16-8-4-5-9-17(16)24/h1-9,24H,10-14H2. The van der Waals surface area contributed by atoms with E-state index in [1.54, 1.807) is 11.0 Å². The molecule has 1 heterocycles. The fraction of sp³-hybridized carbons (Fsp3) is 0.263. The maximum Gasteiger partial charge on any atom is 0.255 e. The van der Waals surface area contributed by atoms with Crippen molar-refractivity contribution in [3.05, 3.63) is 65.7 Å². The van der Waals surface area contributed by atoms with Gasteiger partial charge in [-0.05, 0) is 17.7 Å². The van der Waals surface area contributed by atoms with E-state index in [4.69, 9.17) is 0 Å². The molecule has 3 rings (SSSR count). The van der Waals surface area contributed by atoms with E-state index >= 15 is 0 Å². The molecule has 24 heavy (non-hydrogen) atoms. The summed E-state index contributed by atoms with van der Waals surface area (Å²) in [6.45, 7) is 2.27. The molecule has 4 nitrogen and oxygen atoms in total. The fourth-order valence-corrected chi connectivity index (χ4v) is 3.12. The van der Waals surface area contributed by atoms with Gasteiger partial charge in [-0.1, -0.05) is 42.5 Å². The van der Waals surface area contributed by atoms with Crippen molar-refractivity contribution in [1.29, 1.82) is 0 Å². The number of nitrogens with zero attached hydrogens (tertiary/aromatic N) is 2. The van der Waals surface area contributed by atoms with Crippen molar-refractivity contribution in [2.45, 2.75) is 11.3 Å². The summed E-state index contributed by atoms with van der Waals surface area (Å²) in [5, 5.41) is 0. The lowest BCUT2D eigenvalue weighted by Crippen LogP contribution is -2.51. The third kappa shape index (κ3) is 3.79. The van der Waals surface area contributed by atoms with Crippen LogP contribution in [0.15, 0.2) is 59.5 Å². The van der Waals surface area contributed by atoms with Crippen LogP contribution in [0.1, 0.15) is 15.9 Å². The van der Waals surface area contributed by atoms with Crippen molar-refractivity contribution in [2.24, 2.45) is 0 Å². The third-order valence-corrected chi connectivity index (χ3v) is 4.64. The van der Waals surface area contributed by atoms with Gasteiger partial charge in [-0.3, -0.25) is 9.59 Å². The summed E-state index contributed by atoms with van der Waals surface area (Å²) in [5.41, 5.74) is 1.63. The average Bonchev–Trinajstić information content (AvgIpc) is 2.62. The quantitative estimate of drug-likeness (QED) is 0.872. The summed E-state index contributed by atoms with van der Waals surface area (Å²) in [6, 6.07) is 17.0. The highest BCUT2D eigenvalue weighted by Gasteiger charge is 2.25. The first-order valence-corrected chi connectivity index (χ1v) is 8.49. The Morgan fingerprint density at radius 3 is 2.08 bits per heavy atom. The molecule has 124 valence electrons. The molecule has 2 aromatic rings. The van der Waals surface area contributed by atoms with Crippen LogP contribution >= 0.6 is 12.6 Å². The first-order chi connectivity index (χ1) is 11.6. The van der Waals surface area contributed by atoms with Crippen molar-refractivity contribution in [3.63, 3.8) is 0 Å². The molecule has 1 aliphatic heterocycles. The molecule has 0 aliphatic carbocycles. The van der Waals surface area contributed by atoms with Crippen LogP contribution in [0.25, 0.3) is 0 Å². The van der Waals surface area contributed by atoms with E-state index in [1.807, 2.05) is 53.4 Å². The number of carbonyl (C=O) groups excluding carboxylic acids is 2. The molecule has 0 N–H and O–H groups in total. The highest BCUT2D eigenvalue weighted by atomic mass is 32.1. The van der Waals surface area contributed by atoms with Crippen LogP contribution in [0.2, 0.25) is 0 Å². The van der Waals surface area contributed by atoms with E-state index in [1.165, 1.54) is 0 Å². The number of hydrogen-bond donors (Lipinski definition) is 1. The van der Waals surface area contributed by atoms with Crippen LogP contribution in [0.3, 0.4) is 0 Å². The molecule has 0 spiro atoms. The maximum atomic E-state index is 12.6. The predicted octanol–water partition coefficient (Wildman–Crippen LogP) is 2.50. The van der Waals surface area contributed by atoms with E-state index in [0.717, 1.165) is 5.56 Å². The number of piperazine rings is 1. The Morgan fingerprint density at radius 2 is 1.42 bits per heavy atom. The Balaban J connectivity index is 1.57. The lowest BCUT2D eigenvalue weighted by atomic mass is 10.1. The third-order valence-electron chi connectivity index (χ3n) is 4.25. The molecular weight excluding hydrogens is 320 g/mol. The predicted molar refractivity (Wildman–Crippen MR) is 96.3 cm³/mol. The molecule has 0 bridgehead atoms. The van der Waals surface area contributed by atoms with Gasteiger partial charge in [-0.15, -0.1) is 12.6 Å². The Morgan fingerprint density at radius 1 is 0.833 bits per heavy atom. The zero-order valence-corrected chi connectivity index (χ0v) is 14.3. The summed E-state index contributed by atoms with van der Waals surface area (Å²) >= 11 is 4.35. The number of rotatable bonds is 3. The zero-order valence-electron chi connectivity index (χ0n) is 13.4. The monoisotopic (exact) mass is 340 g/mol. The van der Waals surface area contributed by atoms with Crippen molar-refractivity contribution in [1.82, 2.24) is 9.80 Å². The summed E-state index contributed by atoms with van der Waals surface area (Å²) < 4.78 is 0. The van der Waals surface area contributed by atoms with Crippen LogP contribution in [-0.4, -0.2) is 47.8 Å². The van der Waals surface area contributed by atoms with Gasteiger partial charge < -0.3 is 9.80 Å². The molecule has 1 aliphatic rings. The Kier molecular flexibility index (Phi) is 5.20. The molecule has 0 saturated carbocycles. The van der Waals surface area contributed by atoms with E-state index in [0.29, 0.717) is 43.1 Å². The van der Waals surface area contributed by atoms with Gasteiger partial charge >= 0.3 is 0 Å². The molecule has 2 amide bonds. The normalized spacial score (nSPS) is 14.5. The molecule has 0 radical (unpaired) electrons. The van der Waals surface area contributed by atoms with E-state index in [9.17, 15) is 9.59 Å².